The molecular formula is C14H8BrN3O2S. The Morgan fingerprint density at radius 2 is 1.90 bits per heavy atom. The van der Waals surface area contributed by atoms with E-state index in [1.54, 1.807) is 24.3 Å². The summed E-state index contributed by atoms with van der Waals surface area (Å²) in [6, 6.07) is 13.2. The highest BCUT2D eigenvalue weighted by atomic mass is 79.9. The molecule has 0 fully saturated rings. The number of aromatic nitrogens is 2. The number of hydrogen-bond acceptors (Lipinski definition) is 4. The van der Waals surface area contributed by atoms with Crippen molar-refractivity contribution in [1.82, 2.24) is 8.96 Å². The maximum atomic E-state index is 12.6. The lowest BCUT2D eigenvalue weighted by atomic mass is 10.2. The van der Waals surface area contributed by atoms with E-state index in [0.29, 0.717) is 21.1 Å². The first-order chi connectivity index (χ1) is 10.0. The van der Waals surface area contributed by atoms with Crippen LogP contribution in [0.4, 0.5) is 0 Å². The number of rotatable bonds is 2. The number of imidazole rings is 1. The van der Waals surface area contributed by atoms with Crippen LogP contribution in [0, 0.1) is 11.3 Å². The normalized spacial score (nSPS) is 11.4. The Balaban J connectivity index is 2.32. The Labute approximate surface area is 129 Å². The van der Waals surface area contributed by atoms with E-state index in [4.69, 9.17) is 5.26 Å². The molecule has 3 aromatic rings. The van der Waals surface area contributed by atoms with E-state index in [0.717, 1.165) is 3.97 Å². The lowest BCUT2D eigenvalue weighted by Gasteiger charge is -2.06. The largest absolute Gasteiger partial charge is 0.269 e. The van der Waals surface area contributed by atoms with Gasteiger partial charge in [0.25, 0.3) is 10.0 Å². The molecule has 104 valence electrons. The molecule has 0 spiro atoms. The Morgan fingerprint density at radius 3 is 2.57 bits per heavy atom. The number of fused-ring (bicyclic) bond motifs is 1. The highest BCUT2D eigenvalue weighted by molar-refractivity contribution is 9.10. The van der Waals surface area contributed by atoms with Gasteiger partial charge in [0.05, 0.1) is 22.0 Å². The van der Waals surface area contributed by atoms with Gasteiger partial charge in [0, 0.05) is 4.47 Å². The zero-order chi connectivity index (χ0) is 15.0. The van der Waals surface area contributed by atoms with Crippen LogP contribution < -0.4 is 0 Å². The Kier molecular flexibility index (Phi) is 3.27. The van der Waals surface area contributed by atoms with E-state index in [1.807, 2.05) is 6.07 Å². The van der Waals surface area contributed by atoms with Crippen molar-refractivity contribution < 1.29 is 8.42 Å². The molecule has 7 heteroatoms. The molecule has 0 radical (unpaired) electrons. The van der Waals surface area contributed by atoms with Gasteiger partial charge in [-0.1, -0.05) is 18.2 Å². The van der Waals surface area contributed by atoms with Crippen molar-refractivity contribution in [3.63, 3.8) is 0 Å². The summed E-state index contributed by atoms with van der Waals surface area (Å²) in [5.41, 5.74) is 1.22. The first kappa shape index (κ1) is 13.8. The SMILES string of the molecule is N#Cc1cc(Br)c2ncn(S(=O)(=O)c3ccccc3)c2c1. The molecule has 0 N–H and O–H groups in total. The highest BCUT2D eigenvalue weighted by Crippen LogP contribution is 2.27. The van der Waals surface area contributed by atoms with Gasteiger partial charge in [-0.25, -0.2) is 17.4 Å². The molecule has 21 heavy (non-hydrogen) atoms. The van der Waals surface area contributed by atoms with Crippen molar-refractivity contribution in [3.8, 4) is 6.07 Å². The van der Waals surface area contributed by atoms with Crippen molar-refractivity contribution in [1.29, 1.82) is 5.26 Å². The molecule has 3 rings (SSSR count). The molecule has 0 aliphatic heterocycles. The standard InChI is InChI=1S/C14H8BrN3O2S/c15-12-6-10(8-16)7-13-14(12)17-9-18(13)21(19,20)11-4-2-1-3-5-11/h1-7,9H. The van der Waals surface area contributed by atoms with Gasteiger partial charge in [-0.2, -0.15) is 5.26 Å². The number of halogens is 1. The average Bonchev–Trinajstić information content (AvgIpc) is 2.93. The molecule has 0 bridgehead atoms. The van der Waals surface area contributed by atoms with E-state index in [9.17, 15) is 8.42 Å². The van der Waals surface area contributed by atoms with Gasteiger partial charge in [0.15, 0.2) is 0 Å². The molecule has 0 amide bonds. The molecular weight excluding hydrogens is 354 g/mol. The van der Waals surface area contributed by atoms with Crippen LogP contribution in [0.2, 0.25) is 0 Å². The summed E-state index contributed by atoms with van der Waals surface area (Å²) >= 11 is 3.30. The third kappa shape index (κ3) is 2.22. The average molecular weight is 362 g/mol. The van der Waals surface area contributed by atoms with Crippen LogP contribution in [-0.2, 0) is 10.0 Å². The molecule has 1 heterocycles. The first-order valence-corrected chi connectivity index (χ1v) is 8.14. The Bertz CT molecular complexity index is 973. The van der Waals surface area contributed by atoms with E-state index < -0.39 is 10.0 Å². The minimum atomic E-state index is -3.74. The molecule has 0 unspecified atom stereocenters. The van der Waals surface area contributed by atoms with Crippen LogP contribution in [0.25, 0.3) is 11.0 Å². The van der Waals surface area contributed by atoms with Crippen molar-refractivity contribution in [2.45, 2.75) is 4.90 Å². The first-order valence-electron chi connectivity index (χ1n) is 5.91. The highest BCUT2D eigenvalue weighted by Gasteiger charge is 2.20. The van der Waals surface area contributed by atoms with E-state index in [1.165, 1.54) is 24.5 Å². The molecule has 0 atom stereocenters. The van der Waals surface area contributed by atoms with Crippen molar-refractivity contribution in [2.75, 3.05) is 0 Å². The van der Waals surface area contributed by atoms with Gasteiger partial charge in [-0.3, -0.25) is 0 Å². The molecule has 0 saturated carbocycles. The predicted molar refractivity (Wildman–Crippen MR) is 81.2 cm³/mol. The van der Waals surface area contributed by atoms with Gasteiger partial charge < -0.3 is 0 Å². The van der Waals surface area contributed by atoms with E-state index >= 15 is 0 Å². The van der Waals surface area contributed by atoms with Crippen molar-refractivity contribution in [3.05, 3.63) is 58.8 Å². The Morgan fingerprint density at radius 1 is 1.19 bits per heavy atom. The second-order valence-electron chi connectivity index (χ2n) is 4.30. The van der Waals surface area contributed by atoms with Crippen LogP contribution >= 0.6 is 15.9 Å². The lowest BCUT2D eigenvalue weighted by molar-refractivity contribution is 0.588. The summed E-state index contributed by atoms with van der Waals surface area (Å²) in [7, 11) is -3.74. The van der Waals surface area contributed by atoms with Gasteiger partial charge >= 0.3 is 0 Å². The third-order valence-electron chi connectivity index (χ3n) is 3.00. The fraction of sp³-hybridized carbons (Fsp3) is 0. The van der Waals surface area contributed by atoms with Gasteiger partial charge in [0.1, 0.15) is 11.8 Å². The van der Waals surface area contributed by atoms with E-state index in [-0.39, 0.29) is 4.90 Å². The smallest absolute Gasteiger partial charge is 0.234 e. The minimum absolute atomic E-state index is 0.169. The number of hydrogen-bond donors (Lipinski definition) is 0. The summed E-state index contributed by atoms with van der Waals surface area (Å²) in [5, 5.41) is 9.02. The summed E-state index contributed by atoms with van der Waals surface area (Å²) in [5.74, 6) is 0. The minimum Gasteiger partial charge on any atom is -0.234 e. The van der Waals surface area contributed by atoms with Gasteiger partial charge in [-0.15, -0.1) is 0 Å². The lowest BCUT2D eigenvalue weighted by Crippen LogP contribution is -2.11. The van der Waals surface area contributed by atoms with Crippen LogP contribution in [-0.4, -0.2) is 17.4 Å². The molecule has 2 aromatic carbocycles. The fourth-order valence-corrected chi connectivity index (χ4v) is 3.86. The molecule has 1 aromatic heterocycles. The summed E-state index contributed by atoms with van der Waals surface area (Å²) in [4.78, 5) is 4.28. The van der Waals surface area contributed by atoms with Gasteiger partial charge in [0.2, 0.25) is 0 Å². The van der Waals surface area contributed by atoms with Crippen LogP contribution in [0.3, 0.4) is 0 Å². The Hall–Kier alpha value is -2.17. The summed E-state index contributed by atoms with van der Waals surface area (Å²) in [6.07, 6.45) is 1.25. The molecule has 0 saturated heterocycles. The van der Waals surface area contributed by atoms with Crippen molar-refractivity contribution in [2.24, 2.45) is 0 Å². The fourth-order valence-electron chi connectivity index (χ4n) is 2.01. The van der Waals surface area contributed by atoms with Crippen LogP contribution in [0.1, 0.15) is 5.56 Å². The zero-order valence-corrected chi connectivity index (χ0v) is 13.0. The molecule has 0 aliphatic rings. The quantitative estimate of drug-likeness (QED) is 0.703. The van der Waals surface area contributed by atoms with E-state index in [2.05, 4.69) is 20.9 Å². The number of nitrogens with zero attached hydrogens (tertiary/aromatic N) is 3. The molecule has 0 aliphatic carbocycles. The molecule has 5 nitrogen and oxygen atoms in total. The second-order valence-corrected chi connectivity index (χ2v) is 6.97. The predicted octanol–water partition coefficient (Wildman–Crippen LogP) is 2.91. The third-order valence-corrected chi connectivity index (χ3v) is 5.28. The zero-order valence-electron chi connectivity index (χ0n) is 10.6. The summed E-state index contributed by atoms with van der Waals surface area (Å²) in [6.45, 7) is 0. The van der Waals surface area contributed by atoms with Crippen LogP contribution in [0.5, 0.6) is 0 Å². The monoisotopic (exact) mass is 361 g/mol. The number of nitriles is 1. The maximum Gasteiger partial charge on any atom is 0.269 e. The summed E-state index contributed by atoms with van der Waals surface area (Å²) < 4.78 is 27.0. The maximum absolute atomic E-state index is 12.6. The second kappa shape index (κ2) is 4.98. The van der Waals surface area contributed by atoms with Gasteiger partial charge in [-0.05, 0) is 40.2 Å². The topological polar surface area (TPSA) is 75.8 Å². The van der Waals surface area contributed by atoms with Crippen LogP contribution in [0.15, 0.2) is 58.2 Å². The van der Waals surface area contributed by atoms with Crippen molar-refractivity contribution >= 4 is 37.0 Å². The number of benzene rings is 2.